The molecule has 1 nitrogen and oxygen atoms in total. The van der Waals surface area contributed by atoms with Crippen LogP contribution in [0.25, 0.3) is 0 Å². The summed E-state index contributed by atoms with van der Waals surface area (Å²) in [6.07, 6.45) is 0.504. The second-order valence-corrected chi connectivity index (χ2v) is 5.44. The van der Waals surface area contributed by atoms with E-state index in [2.05, 4.69) is 32.0 Å². The van der Waals surface area contributed by atoms with Gasteiger partial charge in [0.1, 0.15) is 0 Å². The van der Waals surface area contributed by atoms with Crippen LogP contribution in [0.1, 0.15) is 31.9 Å². The first-order valence-corrected chi connectivity index (χ1v) is 6.58. The summed E-state index contributed by atoms with van der Waals surface area (Å²) >= 11 is 1.54. The number of benzene rings is 1. The topological polar surface area (TPSA) is 17.1 Å². The maximum absolute atomic E-state index is 12.1. The fourth-order valence-corrected chi connectivity index (χ4v) is 2.96. The lowest BCUT2D eigenvalue weighted by molar-refractivity contribution is 0.0996. The Morgan fingerprint density at radius 1 is 1.12 bits per heavy atom. The largest absolute Gasteiger partial charge is 0.293 e. The number of carbonyl (C=O) groups is 1. The number of Topliss-reactive ketones (excluding diaryl/α,β-unsaturated/α-hetero) is 1. The molecule has 1 aromatic heterocycles. The molecule has 0 amide bonds. The van der Waals surface area contributed by atoms with E-state index in [9.17, 15) is 4.79 Å². The molecule has 1 aromatic carbocycles. The van der Waals surface area contributed by atoms with Gasteiger partial charge in [-0.15, -0.1) is 11.3 Å². The first-order chi connectivity index (χ1) is 8.06. The standard InChI is InChI=1S/C15H16OS/c1-10-6-11(2)8-13(7-10)9-14(16)15-12(3)4-5-17-15/h4-8H,9H2,1-3H3. The summed E-state index contributed by atoms with van der Waals surface area (Å²) < 4.78 is 0. The predicted octanol–water partition coefficient (Wildman–Crippen LogP) is 4.10. The quantitative estimate of drug-likeness (QED) is 0.743. The summed E-state index contributed by atoms with van der Waals surface area (Å²) in [5.74, 6) is 0.225. The van der Waals surface area contributed by atoms with Gasteiger partial charge in [0.2, 0.25) is 0 Å². The van der Waals surface area contributed by atoms with Gasteiger partial charge in [-0.05, 0) is 43.3 Å². The Hall–Kier alpha value is -1.41. The fourth-order valence-electron chi connectivity index (χ4n) is 2.10. The van der Waals surface area contributed by atoms with Crippen molar-refractivity contribution >= 4 is 17.1 Å². The minimum absolute atomic E-state index is 0.225. The lowest BCUT2D eigenvalue weighted by Gasteiger charge is -2.04. The Balaban J connectivity index is 2.21. The first kappa shape index (κ1) is 12.1. The Morgan fingerprint density at radius 2 is 1.76 bits per heavy atom. The minimum atomic E-state index is 0.225. The van der Waals surface area contributed by atoms with Crippen molar-refractivity contribution in [2.75, 3.05) is 0 Å². The van der Waals surface area contributed by atoms with E-state index >= 15 is 0 Å². The van der Waals surface area contributed by atoms with Gasteiger partial charge in [-0.3, -0.25) is 4.79 Å². The molecular weight excluding hydrogens is 228 g/mol. The molecule has 0 N–H and O–H groups in total. The molecule has 17 heavy (non-hydrogen) atoms. The van der Waals surface area contributed by atoms with Crippen LogP contribution in [0.5, 0.6) is 0 Å². The summed E-state index contributed by atoms with van der Waals surface area (Å²) in [4.78, 5) is 13.0. The monoisotopic (exact) mass is 244 g/mol. The van der Waals surface area contributed by atoms with Crippen LogP contribution in [-0.4, -0.2) is 5.78 Å². The molecule has 2 aromatic rings. The maximum atomic E-state index is 12.1. The van der Waals surface area contributed by atoms with E-state index in [-0.39, 0.29) is 5.78 Å². The lowest BCUT2D eigenvalue weighted by Crippen LogP contribution is -2.03. The molecule has 2 rings (SSSR count). The Kier molecular flexibility index (Phi) is 3.43. The van der Waals surface area contributed by atoms with Crippen molar-refractivity contribution in [3.8, 4) is 0 Å². The van der Waals surface area contributed by atoms with Gasteiger partial charge in [0.05, 0.1) is 4.88 Å². The number of hydrogen-bond donors (Lipinski definition) is 0. The molecule has 0 aliphatic carbocycles. The smallest absolute Gasteiger partial charge is 0.177 e. The van der Waals surface area contributed by atoms with Crippen LogP contribution in [0.15, 0.2) is 29.6 Å². The molecule has 0 radical (unpaired) electrons. The zero-order valence-corrected chi connectivity index (χ0v) is 11.2. The molecule has 0 saturated carbocycles. The third-order valence-corrected chi connectivity index (χ3v) is 3.82. The number of thiophene rings is 1. The Morgan fingerprint density at radius 3 is 2.29 bits per heavy atom. The van der Waals surface area contributed by atoms with Gasteiger partial charge >= 0.3 is 0 Å². The van der Waals surface area contributed by atoms with Gasteiger partial charge in [0.15, 0.2) is 5.78 Å². The Labute approximate surface area is 106 Å². The number of ketones is 1. The van der Waals surface area contributed by atoms with Gasteiger partial charge in [-0.2, -0.15) is 0 Å². The summed E-state index contributed by atoms with van der Waals surface area (Å²) in [6.45, 7) is 6.12. The van der Waals surface area contributed by atoms with Crippen LogP contribution in [0.4, 0.5) is 0 Å². The van der Waals surface area contributed by atoms with Crippen LogP contribution in [0, 0.1) is 20.8 Å². The van der Waals surface area contributed by atoms with E-state index in [0.717, 1.165) is 16.0 Å². The number of aryl methyl sites for hydroxylation is 3. The van der Waals surface area contributed by atoms with E-state index in [1.807, 2.05) is 18.4 Å². The molecule has 0 spiro atoms. The van der Waals surface area contributed by atoms with Gasteiger partial charge in [0, 0.05) is 6.42 Å². The predicted molar refractivity (Wildman–Crippen MR) is 73.0 cm³/mol. The van der Waals surface area contributed by atoms with Crippen molar-refractivity contribution in [1.82, 2.24) is 0 Å². The minimum Gasteiger partial charge on any atom is -0.293 e. The second kappa shape index (κ2) is 4.84. The summed E-state index contributed by atoms with van der Waals surface area (Å²) in [7, 11) is 0. The van der Waals surface area contributed by atoms with Crippen LogP contribution in [-0.2, 0) is 6.42 Å². The number of rotatable bonds is 3. The zero-order chi connectivity index (χ0) is 12.4. The SMILES string of the molecule is Cc1cc(C)cc(CC(=O)c2sccc2C)c1. The molecule has 0 aliphatic heterocycles. The summed E-state index contributed by atoms with van der Waals surface area (Å²) in [6, 6.07) is 8.31. The van der Waals surface area contributed by atoms with Crippen molar-refractivity contribution in [2.24, 2.45) is 0 Å². The van der Waals surface area contributed by atoms with Gasteiger partial charge < -0.3 is 0 Å². The van der Waals surface area contributed by atoms with Crippen molar-refractivity contribution in [3.63, 3.8) is 0 Å². The second-order valence-electron chi connectivity index (χ2n) is 4.53. The average Bonchev–Trinajstić information content (AvgIpc) is 2.62. The molecule has 0 aliphatic rings. The van der Waals surface area contributed by atoms with E-state index in [0.29, 0.717) is 6.42 Å². The molecular formula is C15H16OS. The van der Waals surface area contributed by atoms with Gasteiger partial charge in [-0.1, -0.05) is 29.3 Å². The van der Waals surface area contributed by atoms with Gasteiger partial charge in [-0.25, -0.2) is 0 Å². The van der Waals surface area contributed by atoms with Crippen LogP contribution >= 0.6 is 11.3 Å². The van der Waals surface area contributed by atoms with Gasteiger partial charge in [0.25, 0.3) is 0 Å². The molecule has 0 bridgehead atoms. The first-order valence-electron chi connectivity index (χ1n) is 5.71. The normalized spacial score (nSPS) is 10.5. The third-order valence-electron chi connectivity index (χ3n) is 2.76. The van der Waals surface area contributed by atoms with E-state index in [4.69, 9.17) is 0 Å². The molecule has 1 heterocycles. The number of hydrogen-bond acceptors (Lipinski definition) is 2. The summed E-state index contributed by atoms with van der Waals surface area (Å²) in [5, 5.41) is 1.98. The van der Waals surface area contributed by atoms with Crippen molar-refractivity contribution in [2.45, 2.75) is 27.2 Å². The molecule has 2 heteroatoms. The highest BCUT2D eigenvalue weighted by Gasteiger charge is 2.11. The fraction of sp³-hybridized carbons (Fsp3) is 0.267. The summed E-state index contributed by atoms with van der Waals surface area (Å²) in [5.41, 5.74) is 4.64. The Bertz CT molecular complexity index is 532. The van der Waals surface area contributed by atoms with Crippen molar-refractivity contribution < 1.29 is 4.79 Å². The van der Waals surface area contributed by atoms with Crippen LogP contribution in [0.2, 0.25) is 0 Å². The maximum Gasteiger partial charge on any atom is 0.177 e. The molecule has 0 unspecified atom stereocenters. The molecule has 0 saturated heterocycles. The zero-order valence-electron chi connectivity index (χ0n) is 10.4. The third kappa shape index (κ3) is 2.83. The van der Waals surface area contributed by atoms with E-state index < -0.39 is 0 Å². The van der Waals surface area contributed by atoms with Crippen LogP contribution in [0.3, 0.4) is 0 Å². The highest BCUT2D eigenvalue weighted by Crippen LogP contribution is 2.19. The van der Waals surface area contributed by atoms with Crippen LogP contribution < -0.4 is 0 Å². The van der Waals surface area contributed by atoms with E-state index in [1.54, 1.807) is 0 Å². The van der Waals surface area contributed by atoms with Crippen molar-refractivity contribution in [1.29, 1.82) is 0 Å². The average molecular weight is 244 g/mol. The highest BCUT2D eigenvalue weighted by atomic mass is 32.1. The highest BCUT2D eigenvalue weighted by molar-refractivity contribution is 7.12. The molecule has 0 fully saturated rings. The number of carbonyl (C=O) groups excluding carboxylic acids is 1. The molecule has 0 atom stereocenters. The molecule has 88 valence electrons. The lowest BCUT2D eigenvalue weighted by atomic mass is 10.0. The van der Waals surface area contributed by atoms with E-state index in [1.165, 1.54) is 22.5 Å². The van der Waals surface area contributed by atoms with Crippen molar-refractivity contribution in [3.05, 3.63) is 56.8 Å².